The standard InChI is InChI=1S/C26H27ClN4O3S/c1-15-8-18(13-28-12-15)34-24-16(2)9-17(27)10-21(24)20-4-6-29-22-11-19(35-25(20)22)14-31-23(32)5-7-30(3)26(31)33/h4-7,9-11,15,18,28H,8,12-14H2,1-3H3/t15-,18+/m1/s1. The predicted molar refractivity (Wildman–Crippen MR) is 141 cm³/mol. The number of aryl methyl sites for hydroxylation is 2. The molecule has 0 radical (unpaired) electrons. The van der Waals surface area contributed by atoms with E-state index in [0.29, 0.717) is 10.9 Å². The number of thiophene rings is 1. The summed E-state index contributed by atoms with van der Waals surface area (Å²) in [5.41, 5.74) is 3.00. The number of fused-ring (bicyclic) bond motifs is 1. The predicted octanol–water partition coefficient (Wildman–Crippen LogP) is 4.21. The van der Waals surface area contributed by atoms with Gasteiger partial charge in [0.25, 0.3) is 5.56 Å². The molecule has 35 heavy (non-hydrogen) atoms. The lowest BCUT2D eigenvalue weighted by Gasteiger charge is -2.30. The fraction of sp³-hybridized carbons (Fsp3) is 0.346. The number of nitrogens with one attached hydrogen (secondary N) is 1. The lowest BCUT2D eigenvalue weighted by atomic mass is 9.98. The van der Waals surface area contributed by atoms with Crippen LogP contribution in [0.4, 0.5) is 0 Å². The van der Waals surface area contributed by atoms with Crippen LogP contribution >= 0.6 is 22.9 Å². The number of halogens is 1. The number of piperidine rings is 1. The van der Waals surface area contributed by atoms with Gasteiger partial charge in [0.2, 0.25) is 0 Å². The Labute approximate surface area is 212 Å². The summed E-state index contributed by atoms with van der Waals surface area (Å²) < 4.78 is 10.2. The molecule has 2 atom stereocenters. The van der Waals surface area contributed by atoms with Crippen molar-refractivity contribution in [3.63, 3.8) is 0 Å². The highest BCUT2D eigenvalue weighted by molar-refractivity contribution is 7.19. The van der Waals surface area contributed by atoms with Crippen LogP contribution in [-0.4, -0.2) is 33.3 Å². The number of benzene rings is 1. The molecule has 0 aliphatic carbocycles. The van der Waals surface area contributed by atoms with Crippen LogP contribution in [0.2, 0.25) is 5.02 Å². The zero-order valence-electron chi connectivity index (χ0n) is 19.9. The maximum Gasteiger partial charge on any atom is 0.331 e. The Morgan fingerprint density at radius 2 is 2.03 bits per heavy atom. The number of rotatable bonds is 5. The average molecular weight is 511 g/mol. The number of ether oxygens (including phenoxy) is 1. The third-order valence-electron chi connectivity index (χ3n) is 6.36. The van der Waals surface area contributed by atoms with Crippen molar-refractivity contribution in [2.24, 2.45) is 13.0 Å². The SMILES string of the molecule is Cc1cc(Cl)cc(-c2ccnc3cc(Cn4c(=O)ccn(C)c4=O)sc23)c1O[C@@H]1CNC[C@H](C)C1. The molecule has 4 aromatic rings. The van der Waals surface area contributed by atoms with Crippen LogP contribution in [-0.2, 0) is 13.6 Å². The summed E-state index contributed by atoms with van der Waals surface area (Å²) in [5.74, 6) is 1.37. The zero-order chi connectivity index (χ0) is 24.7. The molecule has 0 saturated carbocycles. The summed E-state index contributed by atoms with van der Waals surface area (Å²) in [6.07, 6.45) is 4.32. The first-order chi connectivity index (χ1) is 16.8. The van der Waals surface area contributed by atoms with Crippen molar-refractivity contribution >= 4 is 33.2 Å². The van der Waals surface area contributed by atoms with Crippen molar-refractivity contribution < 1.29 is 4.74 Å². The Kier molecular flexibility index (Phi) is 6.53. The maximum atomic E-state index is 12.5. The van der Waals surface area contributed by atoms with Crippen molar-refractivity contribution in [1.29, 1.82) is 0 Å². The molecule has 9 heteroatoms. The van der Waals surface area contributed by atoms with E-state index in [4.69, 9.17) is 16.3 Å². The lowest BCUT2D eigenvalue weighted by Crippen LogP contribution is -2.41. The van der Waals surface area contributed by atoms with E-state index >= 15 is 0 Å². The lowest BCUT2D eigenvalue weighted by molar-refractivity contribution is 0.142. The minimum Gasteiger partial charge on any atom is -0.488 e. The first kappa shape index (κ1) is 23.8. The van der Waals surface area contributed by atoms with Crippen molar-refractivity contribution in [3.05, 3.63) is 79.0 Å². The number of pyridine rings is 1. The van der Waals surface area contributed by atoms with Gasteiger partial charge in [-0.05, 0) is 55.6 Å². The van der Waals surface area contributed by atoms with Crippen LogP contribution in [0.5, 0.6) is 5.75 Å². The summed E-state index contributed by atoms with van der Waals surface area (Å²) in [6.45, 7) is 6.24. The van der Waals surface area contributed by atoms with E-state index in [2.05, 4.69) is 17.2 Å². The summed E-state index contributed by atoms with van der Waals surface area (Å²) in [6, 6.07) is 9.17. The van der Waals surface area contributed by atoms with Gasteiger partial charge >= 0.3 is 5.69 Å². The van der Waals surface area contributed by atoms with E-state index in [-0.39, 0.29) is 23.9 Å². The van der Waals surface area contributed by atoms with Gasteiger partial charge in [-0.1, -0.05) is 18.5 Å². The van der Waals surface area contributed by atoms with Crippen molar-refractivity contribution in [1.82, 2.24) is 19.4 Å². The fourth-order valence-corrected chi connectivity index (χ4v) is 6.05. The Bertz CT molecular complexity index is 1520. The minimum atomic E-state index is -0.348. The average Bonchev–Trinajstić information content (AvgIpc) is 3.24. The van der Waals surface area contributed by atoms with Crippen LogP contribution in [0.25, 0.3) is 21.3 Å². The molecule has 1 fully saturated rings. The summed E-state index contributed by atoms with van der Waals surface area (Å²) in [7, 11) is 1.63. The Balaban J connectivity index is 1.58. The number of hydrogen-bond acceptors (Lipinski definition) is 6. The Hall–Kier alpha value is -2.94. The van der Waals surface area contributed by atoms with E-state index < -0.39 is 0 Å². The summed E-state index contributed by atoms with van der Waals surface area (Å²) in [4.78, 5) is 30.3. The molecule has 0 unspecified atom stereocenters. The van der Waals surface area contributed by atoms with Gasteiger partial charge in [-0.15, -0.1) is 11.3 Å². The van der Waals surface area contributed by atoms with E-state index in [9.17, 15) is 9.59 Å². The number of nitrogens with zero attached hydrogens (tertiary/aromatic N) is 3. The third-order valence-corrected chi connectivity index (χ3v) is 7.72. The van der Waals surface area contributed by atoms with Gasteiger partial charge in [-0.3, -0.25) is 14.3 Å². The van der Waals surface area contributed by atoms with Crippen LogP contribution in [0.1, 0.15) is 23.8 Å². The van der Waals surface area contributed by atoms with E-state index in [1.165, 1.54) is 32.7 Å². The molecule has 1 N–H and O–H groups in total. The monoisotopic (exact) mass is 510 g/mol. The second-order valence-corrected chi connectivity index (χ2v) is 10.8. The molecular weight excluding hydrogens is 484 g/mol. The molecule has 4 heterocycles. The Morgan fingerprint density at radius 1 is 1.20 bits per heavy atom. The van der Waals surface area contributed by atoms with Gasteiger partial charge < -0.3 is 14.6 Å². The molecule has 1 aliphatic heterocycles. The van der Waals surface area contributed by atoms with Gasteiger partial charge in [0.1, 0.15) is 11.9 Å². The largest absolute Gasteiger partial charge is 0.488 e. The molecule has 7 nitrogen and oxygen atoms in total. The summed E-state index contributed by atoms with van der Waals surface area (Å²) in [5, 5.41) is 4.09. The first-order valence-electron chi connectivity index (χ1n) is 11.6. The zero-order valence-corrected chi connectivity index (χ0v) is 21.4. The van der Waals surface area contributed by atoms with E-state index in [1.807, 2.05) is 31.2 Å². The van der Waals surface area contributed by atoms with Gasteiger partial charge in [0.15, 0.2) is 0 Å². The van der Waals surface area contributed by atoms with Gasteiger partial charge in [0, 0.05) is 53.1 Å². The van der Waals surface area contributed by atoms with Gasteiger partial charge in [-0.2, -0.15) is 0 Å². The highest BCUT2D eigenvalue weighted by Crippen LogP contribution is 2.42. The van der Waals surface area contributed by atoms with Crippen molar-refractivity contribution in [3.8, 4) is 16.9 Å². The van der Waals surface area contributed by atoms with Crippen LogP contribution in [0, 0.1) is 12.8 Å². The number of hydrogen-bond donors (Lipinski definition) is 1. The molecule has 182 valence electrons. The molecule has 0 spiro atoms. The van der Waals surface area contributed by atoms with Crippen molar-refractivity contribution in [2.75, 3.05) is 13.1 Å². The van der Waals surface area contributed by atoms with Gasteiger partial charge in [0.05, 0.1) is 16.8 Å². The molecule has 1 aromatic carbocycles. The van der Waals surface area contributed by atoms with Crippen LogP contribution in [0.3, 0.4) is 0 Å². The molecular formula is C26H27ClN4O3S. The Morgan fingerprint density at radius 3 is 2.83 bits per heavy atom. The topological polar surface area (TPSA) is 78.2 Å². The first-order valence-corrected chi connectivity index (χ1v) is 12.8. The molecule has 1 saturated heterocycles. The maximum absolute atomic E-state index is 12.5. The second kappa shape index (κ2) is 9.60. The quantitative estimate of drug-likeness (QED) is 0.435. The number of aromatic nitrogens is 3. The molecule has 0 bridgehead atoms. The van der Waals surface area contributed by atoms with Crippen molar-refractivity contribution in [2.45, 2.75) is 32.9 Å². The summed E-state index contributed by atoms with van der Waals surface area (Å²) >= 11 is 8.02. The highest BCUT2D eigenvalue weighted by atomic mass is 35.5. The normalized spacial score (nSPS) is 18.2. The molecule has 1 aliphatic rings. The van der Waals surface area contributed by atoms with Crippen LogP contribution < -0.4 is 21.3 Å². The fourth-order valence-electron chi connectivity index (χ4n) is 4.64. The van der Waals surface area contributed by atoms with Gasteiger partial charge in [-0.25, -0.2) is 4.79 Å². The smallest absolute Gasteiger partial charge is 0.331 e. The second-order valence-electron chi connectivity index (χ2n) is 9.26. The van der Waals surface area contributed by atoms with E-state index in [1.54, 1.807) is 13.2 Å². The van der Waals surface area contributed by atoms with E-state index in [0.717, 1.165) is 57.0 Å². The van der Waals surface area contributed by atoms with Crippen LogP contribution in [0.15, 0.2) is 52.3 Å². The third kappa shape index (κ3) is 4.78. The minimum absolute atomic E-state index is 0.0785. The molecule has 0 amide bonds. The molecule has 5 rings (SSSR count). The highest BCUT2D eigenvalue weighted by Gasteiger charge is 2.23. The molecule has 3 aromatic heterocycles.